The lowest BCUT2D eigenvalue weighted by molar-refractivity contribution is -0.127. The summed E-state index contributed by atoms with van der Waals surface area (Å²) in [4.78, 5) is 30.3. The van der Waals surface area contributed by atoms with Gasteiger partial charge in [-0.1, -0.05) is 29.8 Å². The highest BCUT2D eigenvalue weighted by Gasteiger charge is 2.42. The largest absolute Gasteiger partial charge is 0.338 e. The number of aromatic nitrogens is 1. The van der Waals surface area contributed by atoms with Crippen LogP contribution in [0.25, 0.3) is 0 Å². The lowest BCUT2D eigenvalue weighted by atomic mass is 9.92. The van der Waals surface area contributed by atoms with E-state index in [1.807, 2.05) is 31.2 Å². The number of aryl methyl sites for hydroxylation is 1. The Balaban J connectivity index is 1.86. The van der Waals surface area contributed by atoms with Crippen LogP contribution in [-0.4, -0.2) is 28.7 Å². The zero-order chi connectivity index (χ0) is 15.7. The van der Waals surface area contributed by atoms with E-state index in [1.54, 1.807) is 23.5 Å². The Morgan fingerprint density at radius 2 is 2.09 bits per heavy atom. The molecule has 1 aliphatic heterocycles. The first kappa shape index (κ1) is 14.7. The van der Waals surface area contributed by atoms with Crippen molar-refractivity contribution >= 4 is 28.3 Å². The predicted octanol–water partition coefficient (Wildman–Crippen LogP) is 2.61. The highest BCUT2D eigenvalue weighted by molar-refractivity contribution is 7.13. The summed E-state index contributed by atoms with van der Waals surface area (Å²) in [5, 5.41) is 5.17. The van der Waals surface area contributed by atoms with Gasteiger partial charge in [-0.05, 0) is 12.5 Å². The number of benzene rings is 1. The van der Waals surface area contributed by atoms with Gasteiger partial charge in [0.1, 0.15) is 0 Å². The van der Waals surface area contributed by atoms with Gasteiger partial charge in [0.2, 0.25) is 11.8 Å². The maximum Gasteiger partial charge on any atom is 0.232 e. The molecule has 1 N–H and O–H groups in total. The van der Waals surface area contributed by atoms with Crippen molar-refractivity contribution in [3.8, 4) is 0 Å². The lowest BCUT2D eigenvalue weighted by Crippen LogP contribution is -2.30. The molecular weight excluding hydrogens is 298 g/mol. The first-order valence-corrected chi connectivity index (χ1v) is 7.97. The maximum atomic E-state index is 12.5. The van der Waals surface area contributed by atoms with Crippen LogP contribution in [0.5, 0.6) is 0 Å². The van der Waals surface area contributed by atoms with E-state index in [2.05, 4.69) is 10.3 Å². The van der Waals surface area contributed by atoms with Gasteiger partial charge in [-0.2, -0.15) is 0 Å². The van der Waals surface area contributed by atoms with Gasteiger partial charge in [0, 0.05) is 25.0 Å². The van der Waals surface area contributed by atoms with Gasteiger partial charge < -0.3 is 10.2 Å². The van der Waals surface area contributed by atoms with E-state index in [0.29, 0.717) is 5.13 Å². The van der Waals surface area contributed by atoms with Crippen molar-refractivity contribution in [3.63, 3.8) is 0 Å². The molecule has 1 aliphatic rings. The van der Waals surface area contributed by atoms with Crippen LogP contribution in [0.3, 0.4) is 0 Å². The third-order valence-electron chi connectivity index (χ3n) is 4.00. The first-order chi connectivity index (χ1) is 10.6. The molecule has 1 aromatic carbocycles. The van der Waals surface area contributed by atoms with E-state index < -0.39 is 5.92 Å². The minimum atomic E-state index is -0.399. The van der Waals surface area contributed by atoms with E-state index in [-0.39, 0.29) is 24.3 Å². The van der Waals surface area contributed by atoms with E-state index in [0.717, 1.165) is 11.1 Å². The van der Waals surface area contributed by atoms with Crippen LogP contribution in [0, 0.1) is 12.8 Å². The summed E-state index contributed by atoms with van der Waals surface area (Å²) in [7, 11) is 1.75. The molecule has 0 bridgehead atoms. The quantitative estimate of drug-likeness (QED) is 0.947. The van der Waals surface area contributed by atoms with Gasteiger partial charge in [-0.3, -0.25) is 9.59 Å². The molecule has 2 aromatic rings. The van der Waals surface area contributed by atoms with Crippen molar-refractivity contribution in [2.75, 3.05) is 12.4 Å². The number of nitrogens with zero attached hydrogens (tertiary/aromatic N) is 2. The molecule has 1 aromatic heterocycles. The zero-order valence-electron chi connectivity index (χ0n) is 12.4. The summed E-state index contributed by atoms with van der Waals surface area (Å²) in [5.74, 6) is -0.563. The number of carbonyl (C=O) groups excluding carboxylic acids is 2. The molecule has 5 nitrogen and oxygen atoms in total. The van der Waals surface area contributed by atoms with E-state index in [1.165, 1.54) is 11.3 Å². The average molecular weight is 315 g/mol. The molecule has 0 saturated carbocycles. The van der Waals surface area contributed by atoms with Gasteiger partial charge in [0.25, 0.3) is 0 Å². The van der Waals surface area contributed by atoms with Crippen LogP contribution in [0.2, 0.25) is 0 Å². The average Bonchev–Trinajstić information content (AvgIpc) is 3.10. The smallest absolute Gasteiger partial charge is 0.232 e. The second-order valence-electron chi connectivity index (χ2n) is 5.50. The Kier molecular flexibility index (Phi) is 3.94. The summed E-state index contributed by atoms with van der Waals surface area (Å²) in [5.41, 5.74) is 2.14. The molecule has 2 heterocycles. The van der Waals surface area contributed by atoms with Gasteiger partial charge in [-0.15, -0.1) is 11.3 Å². The Labute approximate surface area is 133 Å². The number of likely N-dealkylation sites (tertiary alicyclic amines) is 1. The minimum Gasteiger partial charge on any atom is -0.338 e. The van der Waals surface area contributed by atoms with Gasteiger partial charge in [0.05, 0.1) is 12.0 Å². The molecule has 0 aliphatic carbocycles. The number of hydrogen-bond donors (Lipinski definition) is 1. The Morgan fingerprint density at radius 3 is 2.73 bits per heavy atom. The predicted molar refractivity (Wildman–Crippen MR) is 85.5 cm³/mol. The van der Waals surface area contributed by atoms with Crippen LogP contribution in [0.1, 0.15) is 23.6 Å². The third kappa shape index (κ3) is 2.74. The van der Waals surface area contributed by atoms with E-state index in [9.17, 15) is 9.59 Å². The standard InChI is InChI=1S/C16H17N3O2S/c1-10-3-5-11(6-4-10)14-12(9-13(20)19(14)2)15(21)18-16-17-7-8-22-16/h3-8,12,14H,9H2,1-2H3,(H,17,18,21)/t12-,14-/m0/s1. The molecule has 0 spiro atoms. The Bertz CT molecular complexity index is 682. The molecule has 3 rings (SSSR count). The highest BCUT2D eigenvalue weighted by atomic mass is 32.1. The Morgan fingerprint density at radius 1 is 1.36 bits per heavy atom. The molecule has 114 valence electrons. The summed E-state index contributed by atoms with van der Waals surface area (Å²) in [6.07, 6.45) is 1.87. The van der Waals surface area contributed by atoms with Crippen LogP contribution in [-0.2, 0) is 9.59 Å². The van der Waals surface area contributed by atoms with Crippen LogP contribution < -0.4 is 5.32 Å². The van der Waals surface area contributed by atoms with Crippen molar-refractivity contribution in [2.45, 2.75) is 19.4 Å². The molecule has 0 unspecified atom stereocenters. The molecule has 22 heavy (non-hydrogen) atoms. The van der Waals surface area contributed by atoms with Crippen molar-refractivity contribution in [1.82, 2.24) is 9.88 Å². The number of carbonyl (C=O) groups is 2. The molecule has 6 heteroatoms. The fourth-order valence-corrected chi connectivity index (χ4v) is 3.34. The summed E-state index contributed by atoms with van der Waals surface area (Å²) in [6, 6.07) is 7.74. The second kappa shape index (κ2) is 5.88. The van der Waals surface area contributed by atoms with Gasteiger partial charge in [0.15, 0.2) is 5.13 Å². The van der Waals surface area contributed by atoms with E-state index >= 15 is 0 Å². The molecule has 1 fully saturated rings. The summed E-state index contributed by atoms with van der Waals surface area (Å²) in [6.45, 7) is 2.01. The number of nitrogens with one attached hydrogen (secondary N) is 1. The number of amides is 2. The van der Waals surface area contributed by atoms with Gasteiger partial charge in [-0.25, -0.2) is 4.98 Å². The van der Waals surface area contributed by atoms with Crippen LogP contribution >= 0.6 is 11.3 Å². The summed E-state index contributed by atoms with van der Waals surface area (Å²) >= 11 is 1.37. The molecule has 2 amide bonds. The highest BCUT2D eigenvalue weighted by Crippen LogP contribution is 2.37. The van der Waals surface area contributed by atoms with E-state index in [4.69, 9.17) is 0 Å². The van der Waals surface area contributed by atoms with Crippen molar-refractivity contribution in [2.24, 2.45) is 5.92 Å². The molecule has 1 saturated heterocycles. The van der Waals surface area contributed by atoms with Crippen molar-refractivity contribution in [1.29, 1.82) is 0 Å². The van der Waals surface area contributed by atoms with Crippen LogP contribution in [0.15, 0.2) is 35.8 Å². The first-order valence-electron chi connectivity index (χ1n) is 7.09. The van der Waals surface area contributed by atoms with Gasteiger partial charge >= 0.3 is 0 Å². The van der Waals surface area contributed by atoms with Crippen molar-refractivity contribution < 1.29 is 9.59 Å². The topological polar surface area (TPSA) is 62.3 Å². The number of rotatable bonds is 3. The third-order valence-corrected chi connectivity index (χ3v) is 4.69. The normalized spacial score (nSPS) is 21.2. The molecule has 0 radical (unpaired) electrons. The number of hydrogen-bond acceptors (Lipinski definition) is 4. The SMILES string of the molecule is Cc1ccc([C@H]2[C@@H](C(=O)Nc3nccs3)CC(=O)N2C)cc1. The van der Waals surface area contributed by atoms with Crippen molar-refractivity contribution in [3.05, 3.63) is 47.0 Å². The minimum absolute atomic E-state index is 0.00939. The fourth-order valence-electron chi connectivity index (χ4n) is 2.81. The molecule has 2 atom stereocenters. The number of thiazole rings is 1. The fraction of sp³-hybridized carbons (Fsp3) is 0.312. The summed E-state index contributed by atoms with van der Waals surface area (Å²) < 4.78 is 0. The molecular formula is C16H17N3O2S. The monoisotopic (exact) mass is 315 g/mol. The number of anilines is 1. The second-order valence-corrected chi connectivity index (χ2v) is 6.39. The maximum absolute atomic E-state index is 12.5. The lowest BCUT2D eigenvalue weighted by Gasteiger charge is -2.24. The van der Waals surface area contributed by atoms with Crippen LogP contribution in [0.4, 0.5) is 5.13 Å². The Hall–Kier alpha value is -2.21. The zero-order valence-corrected chi connectivity index (χ0v) is 13.3.